The second-order valence-electron chi connectivity index (χ2n) is 6.61. The maximum absolute atomic E-state index is 12.7. The number of carboxylic acid groups (broad SMARTS) is 1. The van der Waals surface area contributed by atoms with Crippen LogP contribution in [-0.4, -0.2) is 39.9 Å². The molecule has 24 heavy (non-hydrogen) atoms. The molecule has 0 spiro atoms. The van der Waals surface area contributed by atoms with Gasteiger partial charge in [0.15, 0.2) is 0 Å². The zero-order valence-corrected chi connectivity index (χ0v) is 13.5. The number of carbonyl (C=O) groups is 2. The SMILES string of the molecule is CCc1ccc(C(=O)N2C[C@H](C(=O)O)[C@@H](C3CC3)C2)cc1[N+](=O)[O-]. The van der Waals surface area contributed by atoms with Gasteiger partial charge in [0, 0.05) is 30.3 Å². The fourth-order valence-corrected chi connectivity index (χ4v) is 3.61. The van der Waals surface area contributed by atoms with E-state index in [0.29, 0.717) is 24.4 Å². The van der Waals surface area contributed by atoms with Crippen molar-refractivity contribution in [3.63, 3.8) is 0 Å². The van der Waals surface area contributed by atoms with Gasteiger partial charge in [-0.25, -0.2) is 0 Å². The van der Waals surface area contributed by atoms with Gasteiger partial charge < -0.3 is 10.0 Å². The van der Waals surface area contributed by atoms with Gasteiger partial charge in [-0.1, -0.05) is 13.0 Å². The highest BCUT2D eigenvalue weighted by Gasteiger charge is 2.47. The number of hydrogen-bond acceptors (Lipinski definition) is 4. The summed E-state index contributed by atoms with van der Waals surface area (Å²) in [4.78, 5) is 36.4. The fraction of sp³-hybridized carbons (Fsp3) is 0.529. The number of carbonyl (C=O) groups excluding carboxylic acids is 1. The molecule has 1 saturated heterocycles. The lowest BCUT2D eigenvalue weighted by atomic mass is 9.92. The average molecular weight is 332 g/mol. The normalized spacial score (nSPS) is 23.3. The van der Waals surface area contributed by atoms with Crippen molar-refractivity contribution in [2.45, 2.75) is 26.2 Å². The van der Waals surface area contributed by atoms with Gasteiger partial charge >= 0.3 is 5.97 Å². The monoisotopic (exact) mass is 332 g/mol. The van der Waals surface area contributed by atoms with E-state index < -0.39 is 16.8 Å². The first-order valence-electron chi connectivity index (χ1n) is 8.21. The fourth-order valence-electron chi connectivity index (χ4n) is 3.61. The van der Waals surface area contributed by atoms with E-state index >= 15 is 0 Å². The van der Waals surface area contributed by atoms with Gasteiger partial charge in [-0.3, -0.25) is 19.7 Å². The maximum Gasteiger partial charge on any atom is 0.308 e. The van der Waals surface area contributed by atoms with E-state index in [0.717, 1.165) is 12.8 Å². The van der Waals surface area contributed by atoms with Crippen LogP contribution in [0.2, 0.25) is 0 Å². The Morgan fingerprint density at radius 3 is 2.58 bits per heavy atom. The third kappa shape index (κ3) is 2.98. The Kier molecular flexibility index (Phi) is 4.26. The lowest BCUT2D eigenvalue weighted by Gasteiger charge is -2.16. The molecule has 7 heteroatoms. The van der Waals surface area contributed by atoms with Gasteiger partial charge in [0.25, 0.3) is 11.6 Å². The first kappa shape index (κ1) is 16.4. The van der Waals surface area contributed by atoms with Crippen molar-refractivity contribution < 1.29 is 19.6 Å². The average Bonchev–Trinajstić information content (AvgIpc) is 3.31. The Labute approximate surface area is 139 Å². The zero-order chi connectivity index (χ0) is 17.4. The molecule has 2 aliphatic rings. The maximum atomic E-state index is 12.7. The van der Waals surface area contributed by atoms with Gasteiger partial charge in [-0.05, 0) is 37.2 Å². The largest absolute Gasteiger partial charge is 0.481 e. The third-order valence-corrected chi connectivity index (χ3v) is 5.11. The van der Waals surface area contributed by atoms with Crippen LogP contribution in [0.5, 0.6) is 0 Å². The van der Waals surface area contributed by atoms with Gasteiger partial charge in [-0.2, -0.15) is 0 Å². The highest BCUT2D eigenvalue weighted by atomic mass is 16.6. The summed E-state index contributed by atoms with van der Waals surface area (Å²) in [6.45, 7) is 2.42. The zero-order valence-electron chi connectivity index (χ0n) is 13.5. The Morgan fingerprint density at radius 1 is 1.33 bits per heavy atom. The minimum atomic E-state index is -0.866. The van der Waals surface area contributed by atoms with Crippen molar-refractivity contribution in [3.05, 3.63) is 39.4 Å². The van der Waals surface area contributed by atoms with Gasteiger partial charge in [-0.15, -0.1) is 0 Å². The number of nitrogens with zero attached hydrogens (tertiary/aromatic N) is 2. The van der Waals surface area contributed by atoms with Crippen LogP contribution < -0.4 is 0 Å². The van der Waals surface area contributed by atoms with Crippen LogP contribution in [0, 0.1) is 27.9 Å². The molecule has 1 amide bonds. The number of likely N-dealkylation sites (tertiary alicyclic amines) is 1. The first-order valence-corrected chi connectivity index (χ1v) is 8.21. The summed E-state index contributed by atoms with van der Waals surface area (Å²) in [5.74, 6) is -1.34. The van der Waals surface area contributed by atoms with E-state index in [4.69, 9.17) is 0 Å². The molecule has 7 nitrogen and oxygen atoms in total. The van der Waals surface area contributed by atoms with E-state index in [2.05, 4.69) is 0 Å². The number of nitro groups is 1. The molecule has 0 radical (unpaired) electrons. The van der Waals surface area contributed by atoms with E-state index in [1.165, 1.54) is 11.0 Å². The van der Waals surface area contributed by atoms with Crippen molar-refractivity contribution in [2.75, 3.05) is 13.1 Å². The van der Waals surface area contributed by atoms with Gasteiger partial charge in [0.05, 0.1) is 10.8 Å². The Hall–Kier alpha value is -2.44. The van der Waals surface area contributed by atoms with Gasteiger partial charge in [0.2, 0.25) is 0 Å². The number of amides is 1. The van der Waals surface area contributed by atoms with E-state index in [1.54, 1.807) is 12.1 Å². The minimum absolute atomic E-state index is 0.00338. The quantitative estimate of drug-likeness (QED) is 0.659. The first-order chi connectivity index (χ1) is 11.4. The molecule has 128 valence electrons. The van der Waals surface area contributed by atoms with Crippen LogP contribution in [0.4, 0.5) is 5.69 Å². The van der Waals surface area contributed by atoms with Crippen LogP contribution >= 0.6 is 0 Å². The molecular weight excluding hydrogens is 312 g/mol. The molecule has 2 fully saturated rings. The summed E-state index contributed by atoms with van der Waals surface area (Å²) in [7, 11) is 0. The second-order valence-corrected chi connectivity index (χ2v) is 6.61. The standard InChI is InChI=1S/C17H20N2O5/c1-2-10-3-6-12(7-15(10)19(23)24)16(20)18-8-13(11-4-5-11)14(9-18)17(21)22/h3,6-7,11,13-14H,2,4-5,8-9H2,1H3,(H,21,22)/t13-,14+/m1/s1. The second kappa shape index (κ2) is 6.22. The molecule has 1 aromatic rings. The molecule has 1 aliphatic carbocycles. The molecule has 2 atom stereocenters. The molecule has 1 aromatic carbocycles. The van der Waals surface area contributed by atoms with E-state index in [-0.39, 0.29) is 29.6 Å². The molecule has 0 bridgehead atoms. The van der Waals surface area contributed by atoms with Crippen LogP contribution in [0.25, 0.3) is 0 Å². The molecular formula is C17H20N2O5. The van der Waals surface area contributed by atoms with Crippen LogP contribution in [0.1, 0.15) is 35.7 Å². The lowest BCUT2D eigenvalue weighted by molar-refractivity contribution is -0.385. The van der Waals surface area contributed by atoms with Crippen molar-refractivity contribution in [1.82, 2.24) is 4.90 Å². The smallest absolute Gasteiger partial charge is 0.308 e. The van der Waals surface area contributed by atoms with Crippen LogP contribution in [0.3, 0.4) is 0 Å². The summed E-state index contributed by atoms with van der Waals surface area (Å²) >= 11 is 0. The third-order valence-electron chi connectivity index (χ3n) is 5.11. The Balaban J connectivity index is 1.83. The molecule has 0 unspecified atom stereocenters. The summed E-state index contributed by atoms with van der Waals surface area (Å²) in [5.41, 5.74) is 0.771. The van der Waals surface area contributed by atoms with Crippen molar-refractivity contribution in [2.24, 2.45) is 17.8 Å². The molecule has 1 saturated carbocycles. The lowest BCUT2D eigenvalue weighted by Crippen LogP contribution is -2.30. The number of aryl methyl sites for hydroxylation is 1. The number of aliphatic carboxylic acids is 1. The van der Waals surface area contributed by atoms with Crippen molar-refractivity contribution >= 4 is 17.6 Å². The van der Waals surface area contributed by atoms with Gasteiger partial charge in [0.1, 0.15) is 0 Å². The summed E-state index contributed by atoms with van der Waals surface area (Å²) in [6.07, 6.45) is 2.56. The summed E-state index contributed by atoms with van der Waals surface area (Å²) in [6, 6.07) is 4.50. The predicted octanol–water partition coefficient (Wildman–Crippen LogP) is 2.34. The number of rotatable bonds is 5. The van der Waals surface area contributed by atoms with Crippen molar-refractivity contribution in [1.29, 1.82) is 0 Å². The topological polar surface area (TPSA) is 101 Å². The summed E-state index contributed by atoms with van der Waals surface area (Å²) < 4.78 is 0. The number of hydrogen-bond donors (Lipinski definition) is 1. The molecule has 3 rings (SSSR count). The van der Waals surface area contributed by atoms with Crippen molar-refractivity contribution in [3.8, 4) is 0 Å². The van der Waals surface area contributed by atoms with Crippen LogP contribution in [-0.2, 0) is 11.2 Å². The number of benzene rings is 1. The van der Waals surface area contributed by atoms with E-state index in [9.17, 15) is 24.8 Å². The molecule has 1 N–H and O–H groups in total. The number of nitro benzene ring substituents is 1. The Morgan fingerprint density at radius 2 is 2.04 bits per heavy atom. The Bertz CT molecular complexity index is 698. The molecule has 0 aromatic heterocycles. The number of carboxylic acids is 1. The predicted molar refractivity (Wildman–Crippen MR) is 85.7 cm³/mol. The van der Waals surface area contributed by atoms with Crippen LogP contribution in [0.15, 0.2) is 18.2 Å². The molecule has 1 aliphatic heterocycles. The molecule has 1 heterocycles. The highest BCUT2D eigenvalue weighted by Crippen LogP contribution is 2.44. The summed E-state index contributed by atoms with van der Waals surface area (Å²) in [5, 5.41) is 20.6. The highest BCUT2D eigenvalue weighted by molar-refractivity contribution is 5.95. The minimum Gasteiger partial charge on any atom is -0.481 e. The van der Waals surface area contributed by atoms with E-state index in [1.807, 2.05) is 6.92 Å².